The minimum absolute atomic E-state index is 0.00164. The first-order valence-electron chi connectivity index (χ1n) is 10.3. The fourth-order valence-corrected chi connectivity index (χ4v) is 6.28. The first-order valence-corrected chi connectivity index (χ1v) is 13.0. The molecule has 11 heteroatoms. The van der Waals surface area contributed by atoms with Crippen molar-refractivity contribution in [2.45, 2.75) is 22.6 Å². The number of sulfonamides is 1. The molecule has 0 radical (unpaired) electrons. The Hall–Kier alpha value is -2.89. The molecule has 174 valence electrons. The summed E-state index contributed by atoms with van der Waals surface area (Å²) in [5.41, 5.74) is 0.673. The molecule has 9 nitrogen and oxygen atoms in total. The topological polar surface area (TPSA) is 115 Å². The molecule has 1 aliphatic heterocycles. The molecular formula is C22H24N4O5S2. The fourth-order valence-electron chi connectivity index (χ4n) is 3.68. The zero-order chi connectivity index (χ0) is 23.4. The van der Waals surface area contributed by atoms with Gasteiger partial charge >= 0.3 is 6.01 Å². The zero-order valence-corrected chi connectivity index (χ0v) is 19.9. The summed E-state index contributed by atoms with van der Waals surface area (Å²) < 4.78 is 38.4. The number of hydrogen-bond donors (Lipinski definition) is 1. The lowest BCUT2D eigenvalue weighted by atomic mass is 9.97. The van der Waals surface area contributed by atoms with Crippen LogP contribution in [0.4, 0.5) is 6.01 Å². The van der Waals surface area contributed by atoms with Gasteiger partial charge in [0.2, 0.25) is 21.8 Å². The molecule has 0 unspecified atom stereocenters. The third-order valence-electron chi connectivity index (χ3n) is 5.48. The fraction of sp³-hybridized carbons (Fsp3) is 0.318. The maximum Gasteiger partial charge on any atom is 0.322 e. The normalized spacial score (nSPS) is 15.3. The van der Waals surface area contributed by atoms with E-state index in [9.17, 15) is 13.2 Å². The van der Waals surface area contributed by atoms with Crippen LogP contribution in [0, 0.1) is 5.92 Å². The predicted molar refractivity (Wildman–Crippen MR) is 125 cm³/mol. The standard InChI is InChI=1S/C22H24N4O5S2/c1-30-17-7-5-6-16(14-17)21-24-25-22(31-21)23-20(27)15-10-12-26(13-11-15)33(28,29)19-9-4-3-8-18(19)32-2/h3-9,14-15H,10-13H2,1-2H3,(H,23,25,27). The number of aromatic nitrogens is 2. The summed E-state index contributed by atoms with van der Waals surface area (Å²) in [4.78, 5) is 13.7. The summed E-state index contributed by atoms with van der Waals surface area (Å²) in [6.07, 6.45) is 2.66. The van der Waals surface area contributed by atoms with Crippen LogP contribution < -0.4 is 10.1 Å². The number of nitrogens with zero attached hydrogens (tertiary/aromatic N) is 3. The molecule has 1 N–H and O–H groups in total. The summed E-state index contributed by atoms with van der Waals surface area (Å²) in [6.45, 7) is 0.532. The lowest BCUT2D eigenvalue weighted by molar-refractivity contribution is -0.121. The molecule has 0 aliphatic carbocycles. The van der Waals surface area contributed by atoms with Crippen molar-refractivity contribution in [3.8, 4) is 17.2 Å². The molecule has 33 heavy (non-hydrogen) atoms. The number of amides is 1. The average Bonchev–Trinajstić information content (AvgIpc) is 3.32. The Bertz CT molecular complexity index is 1240. The van der Waals surface area contributed by atoms with Gasteiger partial charge in [-0.05, 0) is 49.4 Å². The van der Waals surface area contributed by atoms with Crippen LogP contribution in [0.5, 0.6) is 5.75 Å². The molecule has 0 bridgehead atoms. The Morgan fingerprint density at radius 2 is 1.91 bits per heavy atom. The van der Waals surface area contributed by atoms with Crippen molar-refractivity contribution in [1.29, 1.82) is 0 Å². The highest BCUT2D eigenvalue weighted by atomic mass is 32.2. The summed E-state index contributed by atoms with van der Waals surface area (Å²) in [6, 6.07) is 14.1. The molecule has 2 heterocycles. The molecule has 1 amide bonds. The van der Waals surface area contributed by atoms with Crippen molar-refractivity contribution in [2.24, 2.45) is 5.92 Å². The van der Waals surface area contributed by atoms with Crippen molar-refractivity contribution >= 4 is 33.7 Å². The first kappa shape index (κ1) is 23.3. The number of rotatable bonds is 7. The van der Waals surface area contributed by atoms with Crippen molar-refractivity contribution in [1.82, 2.24) is 14.5 Å². The summed E-state index contributed by atoms with van der Waals surface area (Å²) in [5, 5.41) is 10.5. The van der Waals surface area contributed by atoms with Crippen LogP contribution in [0.25, 0.3) is 11.5 Å². The van der Waals surface area contributed by atoms with Gasteiger partial charge < -0.3 is 9.15 Å². The Kier molecular flexibility index (Phi) is 7.01. The molecule has 0 saturated carbocycles. The first-order chi connectivity index (χ1) is 15.9. The molecule has 3 aromatic rings. The van der Waals surface area contributed by atoms with Crippen LogP contribution in [-0.4, -0.2) is 55.3 Å². The average molecular weight is 489 g/mol. The van der Waals surface area contributed by atoms with E-state index in [4.69, 9.17) is 9.15 Å². The molecule has 0 spiro atoms. The van der Waals surface area contributed by atoms with Gasteiger partial charge in [0.25, 0.3) is 0 Å². The van der Waals surface area contributed by atoms with E-state index in [0.29, 0.717) is 33.9 Å². The van der Waals surface area contributed by atoms with E-state index in [2.05, 4.69) is 15.5 Å². The lowest BCUT2D eigenvalue weighted by Crippen LogP contribution is -2.41. The van der Waals surface area contributed by atoms with E-state index in [1.165, 1.54) is 16.1 Å². The molecule has 1 fully saturated rings. The van der Waals surface area contributed by atoms with Gasteiger partial charge in [0.15, 0.2) is 0 Å². The van der Waals surface area contributed by atoms with Crippen LogP contribution in [0.15, 0.2) is 62.7 Å². The summed E-state index contributed by atoms with van der Waals surface area (Å²) in [7, 11) is -2.05. The monoisotopic (exact) mass is 488 g/mol. The SMILES string of the molecule is COc1cccc(-c2nnc(NC(=O)C3CCN(S(=O)(=O)c4ccccc4SC)CC3)o2)c1. The number of thioether (sulfide) groups is 1. The number of carbonyl (C=O) groups is 1. The summed E-state index contributed by atoms with van der Waals surface area (Å²) in [5.74, 6) is 0.299. The maximum atomic E-state index is 13.1. The van der Waals surface area contributed by atoms with E-state index in [0.717, 1.165) is 0 Å². The number of methoxy groups -OCH3 is 1. The number of hydrogen-bond acceptors (Lipinski definition) is 8. The van der Waals surface area contributed by atoms with E-state index in [-0.39, 0.29) is 36.8 Å². The van der Waals surface area contributed by atoms with Gasteiger partial charge in [-0.15, -0.1) is 16.9 Å². The molecule has 1 aromatic heterocycles. The minimum atomic E-state index is -3.62. The van der Waals surface area contributed by atoms with Gasteiger partial charge in [-0.3, -0.25) is 10.1 Å². The molecule has 1 aliphatic rings. The van der Waals surface area contributed by atoms with Crippen LogP contribution in [-0.2, 0) is 14.8 Å². The van der Waals surface area contributed by atoms with Gasteiger partial charge in [0.05, 0.1) is 12.0 Å². The second kappa shape index (κ2) is 9.94. The Balaban J connectivity index is 1.38. The molecule has 0 atom stereocenters. The number of piperidine rings is 1. The second-order valence-corrected chi connectivity index (χ2v) is 10.2. The quantitative estimate of drug-likeness (QED) is 0.503. The third-order valence-corrected chi connectivity index (χ3v) is 8.37. The Morgan fingerprint density at radius 1 is 1.15 bits per heavy atom. The largest absolute Gasteiger partial charge is 0.497 e. The molecular weight excluding hydrogens is 464 g/mol. The predicted octanol–water partition coefficient (Wildman–Crippen LogP) is 3.51. The number of carbonyl (C=O) groups excluding carboxylic acids is 1. The molecule has 1 saturated heterocycles. The number of anilines is 1. The van der Waals surface area contributed by atoms with Gasteiger partial charge in [-0.2, -0.15) is 4.31 Å². The second-order valence-electron chi connectivity index (χ2n) is 7.46. The number of nitrogens with one attached hydrogen (secondary N) is 1. The van der Waals surface area contributed by atoms with E-state index in [1.807, 2.05) is 12.3 Å². The highest BCUT2D eigenvalue weighted by Gasteiger charge is 2.33. The lowest BCUT2D eigenvalue weighted by Gasteiger charge is -2.30. The van der Waals surface area contributed by atoms with Crippen molar-refractivity contribution < 1.29 is 22.4 Å². The van der Waals surface area contributed by atoms with Gasteiger partial charge in [-0.1, -0.05) is 23.3 Å². The van der Waals surface area contributed by atoms with Crippen LogP contribution >= 0.6 is 11.8 Å². The van der Waals surface area contributed by atoms with Crippen LogP contribution in [0.2, 0.25) is 0 Å². The Labute approximate surface area is 196 Å². The zero-order valence-electron chi connectivity index (χ0n) is 18.2. The van der Waals surface area contributed by atoms with Crippen molar-refractivity contribution in [3.63, 3.8) is 0 Å². The maximum absolute atomic E-state index is 13.1. The number of benzene rings is 2. The van der Waals surface area contributed by atoms with E-state index < -0.39 is 10.0 Å². The third kappa shape index (κ3) is 5.05. The number of ether oxygens (including phenoxy) is 1. The van der Waals surface area contributed by atoms with Crippen LogP contribution in [0.1, 0.15) is 12.8 Å². The Morgan fingerprint density at radius 3 is 2.64 bits per heavy atom. The summed E-state index contributed by atoms with van der Waals surface area (Å²) >= 11 is 1.40. The van der Waals surface area contributed by atoms with Gasteiger partial charge in [-0.25, -0.2) is 8.42 Å². The van der Waals surface area contributed by atoms with Gasteiger partial charge in [0, 0.05) is 29.5 Å². The van der Waals surface area contributed by atoms with Crippen molar-refractivity contribution in [3.05, 3.63) is 48.5 Å². The van der Waals surface area contributed by atoms with E-state index >= 15 is 0 Å². The smallest absolute Gasteiger partial charge is 0.322 e. The molecule has 2 aromatic carbocycles. The highest BCUT2D eigenvalue weighted by Crippen LogP contribution is 2.30. The van der Waals surface area contributed by atoms with Crippen molar-refractivity contribution in [2.75, 3.05) is 31.8 Å². The van der Waals surface area contributed by atoms with Crippen LogP contribution in [0.3, 0.4) is 0 Å². The van der Waals surface area contributed by atoms with Gasteiger partial charge in [0.1, 0.15) is 5.75 Å². The minimum Gasteiger partial charge on any atom is -0.497 e. The van der Waals surface area contributed by atoms with E-state index in [1.54, 1.807) is 49.6 Å². The highest BCUT2D eigenvalue weighted by molar-refractivity contribution is 7.99. The molecule has 4 rings (SSSR count).